The highest BCUT2D eigenvalue weighted by Crippen LogP contribution is 2.20. The summed E-state index contributed by atoms with van der Waals surface area (Å²) in [5, 5.41) is 0. The molecule has 1 fully saturated rings. The van der Waals surface area contributed by atoms with Crippen molar-refractivity contribution < 1.29 is 9.30 Å². The van der Waals surface area contributed by atoms with Crippen LogP contribution in [0.4, 0.5) is 0 Å². The molecule has 0 aromatic carbocycles. The van der Waals surface area contributed by atoms with Gasteiger partial charge in [0, 0.05) is 0 Å². The highest BCUT2D eigenvalue weighted by atomic mass is 16.5. The van der Waals surface area contributed by atoms with E-state index < -0.39 is 0 Å². The number of ether oxygens (including phenoxy) is 1. The molecule has 0 saturated heterocycles. The van der Waals surface area contributed by atoms with E-state index in [1.807, 2.05) is 0 Å². The molecule has 0 spiro atoms. The van der Waals surface area contributed by atoms with Crippen molar-refractivity contribution in [3.63, 3.8) is 0 Å². The third-order valence-electron chi connectivity index (χ3n) is 3.28. The van der Waals surface area contributed by atoms with Crippen LogP contribution in [-0.2, 0) is 18.0 Å². The highest BCUT2D eigenvalue weighted by Gasteiger charge is 2.16. The predicted octanol–water partition coefficient (Wildman–Crippen LogP) is 2.49. The van der Waals surface area contributed by atoms with E-state index in [9.17, 15) is 0 Å². The molecule has 0 N–H and O–H groups in total. The van der Waals surface area contributed by atoms with Crippen LogP contribution in [0.15, 0.2) is 18.7 Å². The fourth-order valence-electron chi connectivity index (χ4n) is 2.23. The van der Waals surface area contributed by atoms with Gasteiger partial charge in [0.15, 0.2) is 6.73 Å². The quantitative estimate of drug-likeness (QED) is 0.678. The first-order chi connectivity index (χ1) is 7.88. The van der Waals surface area contributed by atoms with Gasteiger partial charge in [0.2, 0.25) is 6.33 Å². The van der Waals surface area contributed by atoms with Crippen molar-refractivity contribution in [2.75, 3.05) is 0 Å². The van der Waals surface area contributed by atoms with E-state index in [4.69, 9.17) is 4.74 Å². The van der Waals surface area contributed by atoms with Gasteiger partial charge in [-0.2, -0.15) is 0 Å². The fraction of sp³-hybridized carbons (Fsp3) is 0.769. The first kappa shape index (κ1) is 11.6. The Morgan fingerprint density at radius 1 is 1.38 bits per heavy atom. The Morgan fingerprint density at radius 3 is 2.94 bits per heavy atom. The molecule has 90 valence electrons. The van der Waals surface area contributed by atoms with E-state index in [1.165, 1.54) is 38.5 Å². The van der Waals surface area contributed by atoms with Crippen LogP contribution >= 0.6 is 0 Å². The first-order valence-corrected chi connectivity index (χ1v) is 6.55. The Hall–Kier alpha value is -0.830. The first-order valence-electron chi connectivity index (χ1n) is 6.55. The summed E-state index contributed by atoms with van der Waals surface area (Å²) in [6, 6.07) is 0. The van der Waals surface area contributed by atoms with Gasteiger partial charge in [-0.1, -0.05) is 26.2 Å². The average Bonchev–Trinajstić information content (AvgIpc) is 2.95. The van der Waals surface area contributed by atoms with Crippen molar-refractivity contribution in [2.45, 2.75) is 64.8 Å². The maximum Gasteiger partial charge on any atom is 0.245 e. The lowest BCUT2D eigenvalue weighted by Crippen LogP contribution is -2.34. The topological polar surface area (TPSA) is 18.0 Å². The number of aryl methyl sites for hydroxylation is 1. The number of aromatic nitrogens is 2. The molecule has 3 nitrogen and oxygen atoms in total. The summed E-state index contributed by atoms with van der Waals surface area (Å²) in [6.45, 7) is 4.05. The average molecular weight is 223 g/mol. The van der Waals surface area contributed by atoms with Gasteiger partial charge in [-0.25, -0.2) is 9.13 Å². The zero-order chi connectivity index (χ0) is 11.2. The van der Waals surface area contributed by atoms with Crippen LogP contribution in [-0.4, -0.2) is 10.7 Å². The normalized spacial score (nSPS) is 17.1. The number of nitrogens with zero attached hydrogens (tertiary/aromatic N) is 2. The Labute approximate surface area is 98.0 Å². The molecule has 1 heterocycles. The minimum Gasteiger partial charge on any atom is -0.338 e. The van der Waals surface area contributed by atoms with Gasteiger partial charge in [0.25, 0.3) is 0 Å². The molecule has 1 saturated carbocycles. The second-order valence-corrected chi connectivity index (χ2v) is 4.72. The molecule has 1 aliphatic carbocycles. The van der Waals surface area contributed by atoms with Crippen LogP contribution < -0.4 is 4.57 Å². The lowest BCUT2D eigenvalue weighted by atomic mass is 10.3. The molecule has 1 aromatic rings. The largest absolute Gasteiger partial charge is 0.338 e. The van der Waals surface area contributed by atoms with Crippen molar-refractivity contribution >= 4 is 0 Å². The number of imidazole rings is 1. The van der Waals surface area contributed by atoms with Gasteiger partial charge in [-0.05, 0) is 19.3 Å². The van der Waals surface area contributed by atoms with E-state index in [1.54, 1.807) is 0 Å². The molecular formula is C13H23N2O+. The second-order valence-electron chi connectivity index (χ2n) is 4.72. The summed E-state index contributed by atoms with van der Waals surface area (Å²) >= 11 is 0. The summed E-state index contributed by atoms with van der Waals surface area (Å²) < 4.78 is 10.2. The van der Waals surface area contributed by atoms with Gasteiger partial charge < -0.3 is 4.74 Å². The third kappa shape index (κ3) is 3.34. The standard InChI is InChI=1S/C13H23N2O/c1-2-3-8-14-9-10-15(11-14)12-16-13-6-4-5-7-13/h9-11,13H,2-8,12H2,1H3/q+1. The Kier molecular flexibility index (Phi) is 4.40. The summed E-state index contributed by atoms with van der Waals surface area (Å²) in [6.07, 6.45) is 14.6. The Bertz CT molecular complexity index is 303. The summed E-state index contributed by atoms with van der Waals surface area (Å²) in [4.78, 5) is 0. The van der Waals surface area contributed by atoms with Crippen LogP contribution in [0.3, 0.4) is 0 Å². The zero-order valence-corrected chi connectivity index (χ0v) is 10.3. The summed E-state index contributed by atoms with van der Waals surface area (Å²) in [5.74, 6) is 0. The molecule has 1 aliphatic rings. The number of hydrogen-bond donors (Lipinski definition) is 0. The van der Waals surface area contributed by atoms with Gasteiger partial charge in [-0.3, -0.25) is 0 Å². The van der Waals surface area contributed by atoms with E-state index in [0.29, 0.717) is 12.8 Å². The van der Waals surface area contributed by atoms with Crippen molar-refractivity contribution in [3.8, 4) is 0 Å². The fourth-order valence-corrected chi connectivity index (χ4v) is 2.23. The lowest BCUT2D eigenvalue weighted by Gasteiger charge is -2.07. The van der Waals surface area contributed by atoms with Crippen LogP contribution in [0.25, 0.3) is 0 Å². The van der Waals surface area contributed by atoms with Crippen LogP contribution in [0.2, 0.25) is 0 Å². The Balaban J connectivity index is 1.73. The molecule has 0 aliphatic heterocycles. The van der Waals surface area contributed by atoms with Gasteiger partial charge in [0.1, 0.15) is 12.4 Å². The van der Waals surface area contributed by atoms with Gasteiger partial charge >= 0.3 is 0 Å². The zero-order valence-electron chi connectivity index (χ0n) is 10.3. The monoisotopic (exact) mass is 223 g/mol. The molecule has 0 atom stereocenters. The van der Waals surface area contributed by atoms with Crippen molar-refractivity contribution in [1.82, 2.24) is 4.57 Å². The molecule has 1 aromatic heterocycles. The van der Waals surface area contributed by atoms with Crippen LogP contribution in [0.1, 0.15) is 45.4 Å². The van der Waals surface area contributed by atoms with E-state index >= 15 is 0 Å². The molecule has 0 radical (unpaired) electrons. The molecule has 0 unspecified atom stereocenters. The molecule has 16 heavy (non-hydrogen) atoms. The van der Waals surface area contributed by atoms with E-state index in [-0.39, 0.29) is 0 Å². The minimum absolute atomic E-state index is 0.506. The van der Waals surface area contributed by atoms with Gasteiger partial charge in [0.05, 0.1) is 12.6 Å². The SMILES string of the molecule is CCCCn1cc[n+](COC2CCCC2)c1. The predicted molar refractivity (Wildman–Crippen MR) is 62.9 cm³/mol. The molecule has 0 amide bonds. The van der Waals surface area contributed by atoms with E-state index in [0.717, 1.165) is 6.54 Å². The highest BCUT2D eigenvalue weighted by molar-refractivity contribution is 4.67. The van der Waals surface area contributed by atoms with Crippen molar-refractivity contribution in [1.29, 1.82) is 0 Å². The van der Waals surface area contributed by atoms with Crippen molar-refractivity contribution in [2.24, 2.45) is 0 Å². The van der Waals surface area contributed by atoms with Crippen LogP contribution in [0.5, 0.6) is 0 Å². The second kappa shape index (κ2) is 6.04. The van der Waals surface area contributed by atoms with Crippen LogP contribution in [0, 0.1) is 0 Å². The molecular weight excluding hydrogens is 200 g/mol. The number of unbranched alkanes of at least 4 members (excludes halogenated alkanes) is 1. The maximum atomic E-state index is 5.86. The minimum atomic E-state index is 0.506. The summed E-state index contributed by atoms with van der Waals surface area (Å²) in [7, 11) is 0. The smallest absolute Gasteiger partial charge is 0.245 e. The van der Waals surface area contributed by atoms with Crippen molar-refractivity contribution in [3.05, 3.63) is 18.7 Å². The number of rotatable bonds is 6. The Morgan fingerprint density at radius 2 is 2.19 bits per heavy atom. The maximum absolute atomic E-state index is 5.86. The lowest BCUT2D eigenvalue weighted by molar-refractivity contribution is -0.734. The molecule has 2 rings (SSSR count). The summed E-state index contributed by atoms with van der Waals surface area (Å²) in [5.41, 5.74) is 0. The van der Waals surface area contributed by atoms with E-state index in [2.05, 4.69) is 34.8 Å². The molecule has 0 bridgehead atoms. The third-order valence-corrected chi connectivity index (χ3v) is 3.28. The van der Waals surface area contributed by atoms with Gasteiger partial charge in [-0.15, -0.1) is 0 Å². The number of hydrogen-bond acceptors (Lipinski definition) is 1. The molecule has 3 heteroatoms.